The summed E-state index contributed by atoms with van der Waals surface area (Å²) in [7, 11) is -7.19. The molecule has 8 nitrogen and oxygen atoms in total. The monoisotopic (exact) mass is 341 g/mol. The van der Waals surface area contributed by atoms with E-state index in [0.717, 1.165) is 38.4 Å². The summed E-state index contributed by atoms with van der Waals surface area (Å²) in [4.78, 5) is 0. The van der Waals surface area contributed by atoms with Gasteiger partial charge in [-0.25, -0.2) is 21.6 Å². The molecule has 1 aliphatic rings. The van der Waals surface area contributed by atoms with Crippen LogP contribution in [0, 0.1) is 5.92 Å². The molecule has 1 saturated carbocycles. The quantitative estimate of drug-likeness (QED) is 0.250. The van der Waals surface area contributed by atoms with Gasteiger partial charge >= 0.3 is 0 Å². The number of amidine groups is 1. The van der Waals surface area contributed by atoms with Gasteiger partial charge in [0, 0.05) is 6.26 Å². The summed E-state index contributed by atoms with van der Waals surface area (Å²) in [5.74, 6) is -1.23. The average molecular weight is 341 g/mol. The molecule has 0 bridgehead atoms. The van der Waals surface area contributed by atoms with Gasteiger partial charge in [-0.1, -0.05) is 24.4 Å². The third kappa shape index (κ3) is 6.62. The van der Waals surface area contributed by atoms with Crippen LogP contribution in [-0.4, -0.2) is 51.7 Å². The Hall–Kier alpha value is -0.870. The average Bonchev–Trinajstić information content (AvgIpc) is 2.42. The normalized spacial score (nSPS) is 20.3. The molecule has 1 unspecified atom stereocenters. The lowest BCUT2D eigenvalue weighted by Gasteiger charge is -2.29. The minimum atomic E-state index is -3.82. The van der Waals surface area contributed by atoms with Crippen molar-refractivity contribution in [1.82, 2.24) is 4.72 Å². The van der Waals surface area contributed by atoms with E-state index in [0.29, 0.717) is 0 Å². The number of oxime groups is 1. The molecule has 0 radical (unpaired) electrons. The fraction of sp³-hybridized carbons (Fsp3) is 0.909. The van der Waals surface area contributed by atoms with Crippen LogP contribution >= 0.6 is 0 Å². The van der Waals surface area contributed by atoms with Crippen molar-refractivity contribution in [1.29, 1.82) is 0 Å². The van der Waals surface area contributed by atoms with Gasteiger partial charge in [0.25, 0.3) is 0 Å². The van der Waals surface area contributed by atoms with E-state index >= 15 is 0 Å². The number of sulfone groups is 1. The molecule has 0 saturated heterocycles. The van der Waals surface area contributed by atoms with E-state index < -0.39 is 37.4 Å². The fourth-order valence-corrected chi connectivity index (χ4v) is 5.35. The lowest BCUT2D eigenvalue weighted by molar-refractivity contribution is 0.297. The summed E-state index contributed by atoms with van der Waals surface area (Å²) in [5.41, 5.74) is 5.59. The second-order valence-electron chi connectivity index (χ2n) is 5.47. The van der Waals surface area contributed by atoms with Gasteiger partial charge in [0.2, 0.25) is 10.0 Å². The minimum Gasteiger partial charge on any atom is -0.409 e. The Kier molecular flexibility index (Phi) is 6.41. The van der Waals surface area contributed by atoms with Crippen molar-refractivity contribution in [2.75, 3.05) is 17.8 Å². The van der Waals surface area contributed by atoms with Crippen molar-refractivity contribution in [3.63, 3.8) is 0 Å². The van der Waals surface area contributed by atoms with Crippen molar-refractivity contribution < 1.29 is 22.0 Å². The van der Waals surface area contributed by atoms with E-state index in [-0.39, 0.29) is 11.8 Å². The topological polar surface area (TPSA) is 139 Å². The molecule has 1 aliphatic carbocycles. The molecule has 0 spiro atoms. The molecule has 1 rings (SSSR count). The first-order valence-corrected chi connectivity index (χ1v) is 10.5. The van der Waals surface area contributed by atoms with Crippen LogP contribution in [-0.2, 0) is 19.9 Å². The highest BCUT2D eigenvalue weighted by Crippen LogP contribution is 2.27. The van der Waals surface area contributed by atoms with Crippen LogP contribution in [0.3, 0.4) is 0 Å². The predicted molar refractivity (Wildman–Crippen MR) is 80.4 cm³/mol. The van der Waals surface area contributed by atoms with Crippen LogP contribution in [0.4, 0.5) is 0 Å². The fourth-order valence-electron chi connectivity index (χ4n) is 2.44. The molecule has 0 heterocycles. The van der Waals surface area contributed by atoms with Crippen LogP contribution in [0.15, 0.2) is 5.16 Å². The Morgan fingerprint density at radius 2 is 1.81 bits per heavy atom. The molecule has 0 aliphatic heterocycles. The first kappa shape index (κ1) is 18.2. The van der Waals surface area contributed by atoms with Crippen molar-refractivity contribution in [2.24, 2.45) is 16.8 Å². The maximum absolute atomic E-state index is 12.0. The van der Waals surface area contributed by atoms with Gasteiger partial charge < -0.3 is 10.9 Å². The van der Waals surface area contributed by atoms with Crippen LogP contribution in [0.5, 0.6) is 0 Å². The van der Waals surface area contributed by atoms with Gasteiger partial charge in [0.05, 0.1) is 17.5 Å². The number of hydrogen-bond acceptors (Lipinski definition) is 6. The molecule has 1 fully saturated rings. The largest absolute Gasteiger partial charge is 0.409 e. The highest BCUT2D eigenvalue weighted by molar-refractivity contribution is 7.93. The molecule has 0 aromatic rings. The summed E-state index contributed by atoms with van der Waals surface area (Å²) in [6.07, 6.45) is 5.56. The van der Waals surface area contributed by atoms with Crippen LogP contribution in [0.25, 0.3) is 0 Å². The second-order valence-corrected chi connectivity index (χ2v) is 9.60. The third-order valence-corrected chi connectivity index (χ3v) is 6.14. The first-order chi connectivity index (χ1) is 9.64. The Morgan fingerprint density at radius 1 is 1.24 bits per heavy atom. The minimum absolute atomic E-state index is 0.0392. The van der Waals surface area contributed by atoms with Crippen LogP contribution < -0.4 is 10.5 Å². The number of hydrogen-bond donors (Lipinski definition) is 3. The van der Waals surface area contributed by atoms with Gasteiger partial charge in [-0.05, 0) is 18.8 Å². The van der Waals surface area contributed by atoms with Gasteiger partial charge in [0.1, 0.15) is 9.84 Å². The Morgan fingerprint density at radius 3 is 2.29 bits per heavy atom. The smallest absolute Gasteiger partial charge is 0.213 e. The Balaban J connectivity index is 2.80. The van der Waals surface area contributed by atoms with E-state index in [4.69, 9.17) is 10.9 Å². The molecule has 0 amide bonds. The van der Waals surface area contributed by atoms with Crippen molar-refractivity contribution in [3.8, 4) is 0 Å². The molecule has 124 valence electrons. The number of nitrogens with one attached hydrogen (secondary N) is 1. The number of nitrogens with two attached hydrogens (primary N) is 1. The first-order valence-electron chi connectivity index (χ1n) is 6.80. The number of nitrogens with zero attached hydrogens (tertiary/aromatic N) is 1. The van der Waals surface area contributed by atoms with Crippen molar-refractivity contribution in [2.45, 2.75) is 38.1 Å². The molecule has 21 heavy (non-hydrogen) atoms. The van der Waals surface area contributed by atoms with Gasteiger partial charge in [-0.15, -0.1) is 0 Å². The van der Waals surface area contributed by atoms with Gasteiger partial charge in [0.15, 0.2) is 5.84 Å². The van der Waals surface area contributed by atoms with E-state index in [1.165, 1.54) is 0 Å². The summed E-state index contributed by atoms with van der Waals surface area (Å²) >= 11 is 0. The molecule has 0 aromatic heterocycles. The lowest BCUT2D eigenvalue weighted by Crippen LogP contribution is -2.50. The molecular formula is C11H23N3O5S2. The van der Waals surface area contributed by atoms with Gasteiger partial charge in [-0.3, -0.25) is 0 Å². The third-order valence-electron chi connectivity index (χ3n) is 3.58. The zero-order valence-electron chi connectivity index (χ0n) is 12.0. The van der Waals surface area contributed by atoms with E-state index in [9.17, 15) is 16.8 Å². The van der Waals surface area contributed by atoms with Crippen LogP contribution in [0.2, 0.25) is 0 Å². The van der Waals surface area contributed by atoms with Gasteiger partial charge in [-0.2, -0.15) is 0 Å². The maximum atomic E-state index is 12.0. The zero-order valence-corrected chi connectivity index (χ0v) is 13.7. The molecule has 10 heteroatoms. The molecule has 1 atom stereocenters. The number of rotatable bonds is 7. The zero-order chi connectivity index (χ0) is 16.1. The summed E-state index contributed by atoms with van der Waals surface area (Å²) in [6, 6.07) is -0.792. The standard InChI is InChI=1S/C11H23N3O5S2/c1-20(16,17)7-8-21(18,19)14-10(11(12)13-15)9-5-3-2-4-6-9/h9-10,14-15H,2-8H2,1H3,(H2,12,13). The Labute approximate surface area is 125 Å². The highest BCUT2D eigenvalue weighted by Gasteiger charge is 2.31. The summed E-state index contributed by atoms with van der Waals surface area (Å²) < 4.78 is 48.5. The predicted octanol–water partition coefficient (Wildman–Crippen LogP) is -0.354. The molecule has 0 aromatic carbocycles. The second kappa shape index (κ2) is 7.41. The van der Waals surface area contributed by atoms with Crippen molar-refractivity contribution >= 4 is 25.7 Å². The SMILES string of the molecule is CS(=O)(=O)CCS(=O)(=O)NC(C(N)=NO)C1CCCCC1. The summed E-state index contributed by atoms with van der Waals surface area (Å²) in [6.45, 7) is 0. The van der Waals surface area contributed by atoms with E-state index in [2.05, 4.69) is 9.88 Å². The Bertz CT molecular complexity index is 565. The summed E-state index contributed by atoms with van der Waals surface area (Å²) in [5, 5.41) is 11.7. The maximum Gasteiger partial charge on any atom is 0.213 e. The van der Waals surface area contributed by atoms with E-state index in [1.54, 1.807) is 0 Å². The van der Waals surface area contributed by atoms with E-state index in [1.807, 2.05) is 0 Å². The van der Waals surface area contributed by atoms with Crippen LogP contribution in [0.1, 0.15) is 32.1 Å². The molecule has 4 N–H and O–H groups in total. The molecular weight excluding hydrogens is 318 g/mol. The number of sulfonamides is 1. The van der Waals surface area contributed by atoms with Crippen molar-refractivity contribution in [3.05, 3.63) is 0 Å². The highest BCUT2D eigenvalue weighted by atomic mass is 32.2. The lowest BCUT2D eigenvalue weighted by atomic mass is 9.84.